The van der Waals surface area contributed by atoms with Crippen LogP contribution in [0.25, 0.3) is 11.6 Å². The third-order valence-corrected chi connectivity index (χ3v) is 3.64. The van der Waals surface area contributed by atoms with Crippen molar-refractivity contribution in [3.8, 4) is 0 Å². The van der Waals surface area contributed by atoms with Crippen molar-refractivity contribution in [2.45, 2.75) is 12.8 Å². The van der Waals surface area contributed by atoms with Crippen molar-refractivity contribution >= 4 is 11.6 Å². The molecule has 0 aromatic heterocycles. The minimum atomic E-state index is 0.558. The van der Waals surface area contributed by atoms with Crippen LogP contribution in [0.2, 0.25) is 0 Å². The number of hydrogen-bond acceptors (Lipinski definition) is 0. The van der Waals surface area contributed by atoms with Crippen molar-refractivity contribution in [3.63, 3.8) is 0 Å². The first-order valence-corrected chi connectivity index (χ1v) is 6.92. The summed E-state index contributed by atoms with van der Waals surface area (Å²) in [7, 11) is 0. The van der Waals surface area contributed by atoms with Crippen LogP contribution in [0.3, 0.4) is 0 Å². The van der Waals surface area contributed by atoms with Crippen LogP contribution in [0.1, 0.15) is 24.0 Å². The third kappa shape index (κ3) is 2.85. The number of rotatable bonds is 3. The molecule has 0 aliphatic heterocycles. The van der Waals surface area contributed by atoms with Crippen molar-refractivity contribution < 1.29 is 0 Å². The van der Waals surface area contributed by atoms with Gasteiger partial charge in [0, 0.05) is 5.92 Å². The summed E-state index contributed by atoms with van der Waals surface area (Å²) in [5, 5.41) is 0. The van der Waals surface area contributed by atoms with Gasteiger partial charge < -0.3 is 0 Å². The molecular weight excluding hydrogens is 228 g/mol. The summed E-state index contributed by atoms with van der Waals surface area (Å²) in [6, 6.07) is 21.3. The lowest BCUT2D eigenvalue weighted by molar-refractivity contribution is 0.792. The Morgan fingerprint density at radius 2 is 1.58 bits per heavy atom. The summed E-state index contributed by atoms with van der Waals surface area (Å²) in [5.74, 6) is 0.558. The lowest BCUT2D eigenvalue weighted by atomic mass is 9.90. The van der Waals surface area contributed by atoms with E-state index in [-0.39, 0.29) is 0 Å². The quantitative estimate of drug-likeness (QED) is 0.516. The van der Waals surface area contributed by atoms with Crippen LogP contribution in [-0.2, 0) is 0 Å². The summed E-state index contributed by atoms with van der Waals surface area (Å²) in [6.07, 6.45) is 9.40. The zero-order valence-electron chi connectivity index (χ0n) is 11.0. The van der Waals surface area contributed by atoms with Gasteiger partial charge in [-0.2, -0.15) is 0 Å². The molecule has 0 bridgehead atoms. The van der Waals surface area contributed by atoms with Crippen molar-refractivity contribution in [2.75, 3.05) is 0 Å². The fraction of sp³-hybridized carbons (Fsp3) is 0.158. The molecule has 0 fully saturated rings. The molecule has 2 aromatic carbocycles. The lowest BCUT2D eigenvalue weighted by Crippen LogP contribution is -1.97. The number of allylic oxidation sites excluding steroid dienone is 3. The second-order valence-corrected chi connectivity index (χ2v) is 4.99. The zero-order valence-corrected chi connectivity index (χ0v) is 11.0. The van der Waals surface area contributed by atoms with E-state index >= 15 is 0 Å². The normalized spacial score (nSPS) is 18.7. The van der Waals surface area contributed by atoms with Crippen LogP contribution in [0.15, 0.2) is 72.8 Å². The molecular formula is C19H18. The number of hydrogen-bond donors (Lipinski definition) is 0. The predicted molar refractivity (Wildman–Crippen MR) is 82.6 cm³/mol. The van der Waals surface area contributed by atoms with Crippen molar-refractivity contribution in [1.29, 1.82) is 0 Å². The molecule has 0 heteroatoms. The standard InChI is InChI=1S/C19H18/c1-3-9-16(10-4-1)15-19(18-13-7-8-14-18)17-11-5-2-6-12-17/h1-7,9-13,15,18H,8,14H2/b19-15+. The van der Waals surface area contributed by atoms with Crippen LogP contribution >= 0.6 is 0 Å². The van der Waals surface area contributed by atoms with Gasteiger partial charge in [-0.15, -0.1) is 0 Å². The molecule has 0 heterocycles. The van der Waals surface area contributed by atoms with Crippen LogP contribution in [0.5, 0.6) is 0 Å². The highest BCUT2D eigenvalue weighted by molar-refractivity contribution is 5.83. The first-order chi connectivity index (χ1) is 9.43. The average molecular weight is 246 g/mol. The molecule has 0 nitrogen and oxygen atoms in total. The smallest absolute Gasteiger partial charge is 0.00270 e. The molecule has 19 heavy (non-hydrogen) atoms. The Bertz CT molecular complexity index is 576. The first kappa shape index (κ1) is 12.0. The molecule has 0 spiro atoms. The van der Waals surface area contributed by atoms with E-state index in [1.54, 1.807) is 0 Å². The zero-order chi connectivity index (χ0) is 12.9. The second kappa shape index (κ2) is 5.71. The predicted octanol–water partition coefficient (Wildman–Crippen LogP) is 5.19. The van der Waals surface area contributed by atoms with Gasteiger partial charge in [0.2, 0.25) is 0 Å². The maximum absolute atomic E-state index is 2.35. The number of benzene rings is 2. The summed E-state index contributed by atoms with van der Waals surface area (Å²) in [5.41, 5.74) is 4.05. The molecule has 94 valence electrons. The van der Waals surface area contributed by atoms with Gasteiger partial charge in [0.05, 0.1) is 0 Å². The highest BCUT2D eigenvalue weighted by atomic mass is 14.2. The van der Waals surface area contributed by atoms with Crippen LogP contribution in [0.4, 0.5) is 0 Å². The van der Waals surface area contributed by atoms with Crippen molar-refractivity contribution in [2.24, 2.45) is 5.92 Å². The molecule has 1 aliphatic carbocycles. The van der Waals surface area contributed by atoms with Gasteiger partial charge in [0.25, 0.3) is 0 Å². The molecule has 0 radical (unpaired) electrons. The van der Waals surface area contributed by atoms with Gasteiger partial charge in [-0.05, 0) is 29.5 Å². The molecule has 2 aromatic rings. The maximum atomic E-state index is 2.35. The monoisotopic (exact) mass is 246 g/mol. The van der Waals surface area contributed by atoms with Crippen LogP contribution in [-0.4, -0.2) is 0 Å². The maximum Gasteiger partial charge on any atom is 0.00270 e. The van der Waals surface area contributed by atoms with E-state index in [1.165, 1.54) is 29.5 Å². The van der Waals surface area contributed by atoms with E-state index in [0.717, 1.165) is 0 Å². The van der Waals surface area contributed by atoms with E-state index in [1.807, 2.05) is 0 Å². The van der Waals surface area contributed by atoms with Gasteiger partial charge in [0.1, 0.15) is 0 Å². The van der Waals surface area contributed by atoms with Crippen LogP contribution in [0, 0.1) is 5.92 Å². The molecule has 1 unspecified atom stereocenters. The minimum absolute atomic E-state index is 0.558. The average Bonchev–Trinajstić information content (AvgIpc) is 3.01. The minimum Gasteiger partial charge on any atom is -0.0879 e. The fourth-order valence-corrected chi connectivity index (χ4v) is 2.66. The Labute approximate surface area is 115 Å². The summed E-state index contributed by atoms with van der Waals surface area (Å²) in [4.78, 5) is 0. The third-order valence-electron chi connectivity index (χ3n) is 3.64. The molecule has 0 amide bonds. The Morgan fingerprint density at radius 1 is 0.895 bits per heavy atom. The fourth-order valence-electron chi connectivity index (χ4n) is 2.66. The van der Waals surface area contributed by atoms with E-state index < -0.39 is 0 Å². The SMILES string of the molecule is C1=CC(/C(=C/c2ccccc2)c2ccccc2)CC1. The van der Waals surface area contributed by atoms with E-state index in [2.05, 4.69) is 78.9 Å². The molecule has 3 rings (SSSR count). The van der Waals surface area contributed by atoms with Crippen molar-refractivity contribution in [1.82, 2.24) is 0 Å². The Hall–Kier alpha value is -2.08. The molecule has 0 saturated carbocycles. The molecule has 1 aliphatic rings. The molecule has 0 saturated heterocycles. The highest BCUT2D eigenvalue weighted by Crippen LogP contribution is 2.33. The van der Waals surface area contributed by atoms with Gasteiger partial charge >= 0.3 is 0 Å². The first-order valence-electron chi connectivity index (χ1n) is 6.92. The Kier molecular flexibility index (Phi) is 3.60. The summed E-state index contributed by atoms with van der Waals surface area (Å²) < 4.78 is 0. The summed E-state index contributed by atoms with van der Waals surface area (Å²) >= 11 is 0. The van der Waals surface area contributed by atoms with Gasteiger partial charge in [0.15, 0.2) is 0 Å². The second-order valence-electron chi connectivity index (χ2n) is 4.99. The van der Waals surface area contributed by atoms with Gasteiger partial charge in [-0.25, -0.2) is 0 Å². The van der Waals surface area contributed by atoms with E-state index in [4.69, 9.17) is 0 Å². The summed E-state index contributed by atoms with van der Waals surface area (Å²) in [6.45, 7) is 0. The van der Waals surface area contributed by atoms with Gasteiger partial charge in [-0.3, -0.25) is 0 Å². The topological polar surface area (TPSA) is 0 Å². The molecule has 0 N–H and O–H groups in total. The lowest BCUT2D eigenvalue weighted by Gasteiger charge is -2.14. The Balaban J connectivity index is 2.02. The Morgan fingerprint density at radius 3 is 2.21 bits per heavy atom. The van der Waals surface area contributed by atoms with E-state index in [9.17, 15) is 0 Å². The highest BCUT2D eigenvalue weighted by Gasteiger charge is 2.15. The largest absolute Gasteiger partial charge is 0.0879 e. The van der Waals surface area contributed by atoms with Crippen LogP contribution < -0.4 is 0 Å². The molecule has 1 atom stereocenters. The van der Waals surface area contributed by atoms with Crippen molar-refractivity contribution in [3.05, 3.63) is 83.9 Å². The van der Waals surface area contributed by atoms with Gasteiger partial charge in [-0.1, -0.05) is 78.9 Å². The van der Waals surface area contributed by atoms with E-state index in [0.29, 0.717) is 5.92 Å².